The number of rotatable bonds is 9. The maximum absolute atomic E-state index is 11.5. The predicted octanol–water partition coefficient (Wildman–Crippen LogP) is 2.53. The van der Waals surface area contributed by atoms with Gasteiger partial charge in [0.05, 0.1) is 6.61 Å². The van der Waals surface area contributed by atoms with Crippen LogP contribution in [-0.2, 0) is 14.3 Å². The molecule has 4 nitrogen and oxygen atoms in total. The van der Waals surface area contributed by atoms with E-state index >= 15 is 0 Å². The molecule has 0 aromatic heterocycles. The lowest BCUT2D eigenvalue weighted by atomic mass is 10.2. The molecule has 0 radical (unpaired) electrons. The second-order valence-corrected chi connectivity index (χ2v) is 4.51. The van der Waals surface area contributed by atoms with E-state index < -0.39 is 0 Å². The summed E-state index contributed by atoms with van der Waals surface area (Å²) in [7, 11) is 0. The Morgan fingerprint density at radius 2 is 2.00 bits per heavy atom. The molecule has 0 aliphatic heterocycles. The predicted molar refractivity (Wildman–Crippen MR) is 72.1 cm³/mol. The van der Waals surface area contributed by atoms with Gasteiger partial charge in [0.1, 0.15) is 0 Å². The number of carbonyl (C=O) groups excluding carboxylic acids is 2. The Bertz CT molecular complexity index is 274. The zero-order valence-corrected chi connectivity index (χ0v) is 11.8. The topological polar surface area (TPSA) is 46.6 Å². The highest BCUT2D eigenvalue weighted by Gasteiger charge is 2.13. The second-order valence-electron chi connectivity index (χ2n) is 4.51. The Labute approximate surface area is 110 Å². The van der Waals surface area contributed by atoms with Crippen molar-refractivity contribution in [2.75, 3.05) is 13.2 Å². The zero-order chi connectivity index (χ0) is 14.0. The van der Waals surface area contributed by atoms with E-state index in [9.17, 15) is 9.59 Å². The van der Waals surface area contributed by atoms with Crippen LogP contribution in [0, 0.1) is 0 Å². The van der Waals surface area contributed by atoms with Gasteiger partial charge in [0, 0.05) is 19.0 Å². The molecule has 0 fully saturated rings. The van der Waals surface area contributed by atoms with Crippen LogP contribution in [0.2, 0.25) is 0 Å². The van der Waals surface area contributed by atoms with Gasteiger partial charge < -0.3 is 9.64 Å². The summed E-state index contributed by atoms with van der Waals surface area (Å²) in [6.07, 6.45) is 4.24. The molecule has 0 spiro atoms. The summed E-state index contributed by atoms with van der Waals surface area (Å²) in [5, 5.41) is 0. The van der Waals surface area contributed by atoms with Crippen LogP contribution in [0.3, 0.4) is 0 Å². The maximum Gasteiger partial charge on any atom is 0.305 e. The van der Waals surface area contributed by atoms with Gasteiger partial charge in [-0.3, -0.25) is 9.59 Å². The third-order valence-corrected chi connectivity index (χ3v) is 2.59. The summed E-state index contributed by atoms with van der Waals surface area (Å²) < 4.78 is 5.05. The molecule has 0 bridgehead atoms. The monoisotopic (exact) mass is 255 g/mol. The van der Waals surface area contributed by atoms with Crippen LogP contribution < -0.4 is 0 Å². The lowest BCUT2D eigenvalue weighted by molar-refractivity contribution is -0.144. The molecule has 0 saturated heterocycles. The maximum atomic E-state index is 11.5. The summed E-state index contributed by atoms with van der Waals surface area (Å²) >= 11 is 0. The first kappa shape index (κ1) is 16.7. The number of carbonyl (C=O) groups is 2. The fourth-order valence-corrected chi connectivity index (χ4v) is 1.59. The Hall–Kier alpha value is -1.32. The molecule has 0 aromatic carbocycles. The van der Waals surface area contributed by atoms with E-state index in [1.165, 1.54) is 6.08 Å². The molecule has 4 heteroatoms. The van der Waals surface area contributed by atoms with Gasteiger partial charge in [-0.2, -0.15) is 0 Å². The normalized spacial score (nSPS) is 10.2. The quantitative estimate of drug-likeness (QED) is 0.361. The van der Waals surface area contributed by atoms with Crippen LogP contribution >= 0.6 is 0 Å². The van der Waals surface area contributed by atoms with E-state index in [1.807, 2.05) is 20.8 Å². The molecule has 0 unspecified atom stereocenters. The van der Waals surface area contributed by atoms with Gasteiger partial charge in [-0.1, -0.05) is 13.5 Å². The number of unbranched alkanes of at least 4 members (excludes halogenated alkanes) is 1. The highest BCUT2D eigenvalue weighted by atomic mass is 16.5. The molecule has 0 aromatic rings. The van der Waals surface area contributed by atoms with Gasteiger partial charge in [-0.25, -0.2) is 0 Å². The number of esters is 1. The first-order valence-electron chi connectivity index (χ1n) is 6.61. The van der Waals surface area contributed by atoms with E-state index in [2.05, 4.69) is 6.58 Å². The first-order valence-corrected chi connectivity index (χ1v) is 6.61. The molecule has 1 amide bonds. The van der Waals surface area contributed by atoms with Gasteiger partial charge in [0.2, 0.25) is 5.91 Å². The SMILES string of the molecule is C=CC(=O)N(CCCCOC(=O)CCC)C(C)C. The highest BCUT2D eigenvalue weighted by molar-refractivity contribution is 5.87. The summed E-state index contributed by atoms with van der Waals surface area (Å²) in [5.74, 6) is -0.187. The third kappa shape index (κ3) is 7.09. The van der Waals surface area contributed by atoms with Crippen LogP contribution in [0.4, 0.5) is 0 Å². The van der Waals surface area contributed by atoms with Crippen molar-refractivity contribution in [2.45, 2.75) is 52.5 Å². The van der Waals surface area contributed by atoms with E-state index in [4.69, 9.17) is 4.74 Å². The van der Waals surface area contributed by atoms with Crippen molar-refractivity contribution >= 4 is 11.9 Å². The Morgan fingerprint density at radius 1 is 1.33 bits per heavy atom. The van der Waals surface area contributed by atoms with Gasteiger partial charge in [0.25, 0.3) is 0 Å². The molecule has 0 aliphatic rings. The molecular weight excluding hydrogens is 230 g/mol. The number of nitrogens with zero attached hydrogens (tertiary/aromatic N) is 1. The van der Waals surface area contributed by atoms with Crippen molar-refractivity contribution in [1.29, 1.82) is 0 Å². The molecule has 18 heavy (non-hydrogen) atoms. The number of amides is 1. The second kappa shape index (κ2) is 9.68. The minimum atomic E-state index is -0.139. The van der Waals surface area contributed by atoms with E-state index in [0.29, 0.717) is 19.6 Å². The summed E-state index contributed by atoms with van der Waals surface area (Å²) in [5.41, 5.74) is 0. The van der Waals surface area contributed by atoms with Crippen molar-refractivity contribution in [3.8, 4) is 0 Å². The smallest absolute Gasteiger partial charge is 0.305 e. The fraction of sp³-hybridized carbons (Fsp3) is 0.714. The summed E-state index contributed by atoms with van der Waals surface area (Å²) in [4.78, 5) is 24.4. The Kier molecular flexibility index (Phi) is 8.97. The first-order chi connectivity index (χ1) is 8.52. The minimum Gasteiger partial charge on any atom is -0.466 e. The molecule has 104 valence electrons. The van der Waals surface area contributed by atoms with E-state index in [1.54, 1.807) is 4.90 Å². The lowest BCUT2D eigenvalue weighted by Gasteiger charge is -2.25. The van der Waals surface area contributed by atoms with Crippen molar-refractivity contribution in [3.63, 3.8) is 0 Å². The lowest BCUT2D eigenvalue weighted by Crippen LogP contribution is -2.36. The molecular formula is C14H25NO3. The van der Waals surface area contributed by atoms with Gasteiger partial charge in [-0.15, -0.1) is 0 Å². The van der Waals surface area contributed by atoms with Crippen molar-refractivity contribution in [1.82, 2.24) is 4.90 Å². The Morgan fingerprint density at radius 3 is 2.50 bits per heavy atom. The molecule has 0 saturated carbocycles. The molecule has 0 rings (SSSR count). The van der Waals surface area contributed by atoms with Crippen molar-refractivity contribution < 1.29 is 14.3 Å². The third-order valence-electron chi connectivity index (χ3n) is 2.59. The molecule has 0 N–H and O–H groups in total. The largest absolute Gasteiger partial charge is 0.466 e. The van der Waals surface area contributed by atoms with Crippen LogP contribution in [0.5, 0.6) is 0 Å². The van der Waals surface area contributed by atoms with Gasteiger partial charge in [-0.05, 0) is 39.2 Å². The average molecular weight is 255 g/mol. The minimum absolute atomic E-state index is 0.0482. The van der Waals surface area contributed by atoms with Crippen LogP contribution in [0.15, 0.2) is 12.7 Å². The average Bonchev–Trinajstić information content (AvgIpc) is 2.32. The fourth-order valence-electron chi connectivity index (χ4n) is 1.59. The van der Waals surface area contributed by atoms with Crippen LogP contribution in [0.25, 0.3) is 0 Å². The highest BCUT2D eigenvalue weighted by Crippen LogP contribution is 2.03. The standard InChI is InChI=1S/C14H25NO3/c1-5-9-14(17)18-11-8-7-10-15(12(3)4)13(16)6-2/h6,12H,2,5,7-11H2,1,3-4H3. The van der Waals surface area contributed by atoms with Crippen LogP contribution in [-0.4, -0.2) is 36.0 Å². The summed E-state index contributed by atoms with van der Waals surface area (Å²) in [6.45, 7) is 10.5. The number of ether oxygens (including phenoxy) is 1. The van der Waals surface area contributed by atoms with Gasteiger partial charge >= 0.3 is 5.97 Å². The van der Waals surface area contributed by atoms with Gasteiger partial charge in [0.15, 0.2) is 0 Å². The summed E-state index contributed by atoms with van der Waals surface area (Å²) in [6, 6.07) is 0.165. The molecule has 0 atom stereocenters. The van der Waals surface area contributed by atoms with Crippen molar-refractivity contribution in [2.24, 2.45) is 0 Å². The zero-order valence-electron chi connectivity index (χ0n) is 11.8. The van der Waals surface area contributed by atoms with Crippen LogP contribution in [0.1, 0.15) is 46.5 Å². The van der Waals surface area contributed by atoms with Crippen molar-refractivity contribution in [3.05, 3.63) is 12.7 Å². The van der Waals surface area contributed by atoms with E-state index in [0.717, 1.165) is 19.3 Å². The molecule has 0 aliphatic carbocycles. The Balaban J connectivity index is 3.77. The molecule has 0 heterocycles. The van der Waals surface area contributed by atoms with E-state index in [-0.39, 0.29) is 17.9 Å². The number of hydrogen-bond acceptors (Lipinski definition) is 3. The number of hydrogen-bond donors (Lipinski definition) is 0.